The van der Waals surface area contributed by atoms with Crippen molar-refractivity contribution in [2.24, 2.45) is 0 Å². The first-order valence-electron chi connectivity index (χ1n) is 11.6. The number of rotatable bonds is 7. The van der Waals surface area contributed by atoms with Gasteiger partial charge in [0.15, 0.2) is 0 Å². The first-order chi connectivity index (χ1) is 16.3. The normalized spacial score (nSPS) is 18.9. The van der Waals surface area contributed by atoms with Gasteiger partial charge in [0.25, 0.3) is 0 Å². The number of carbonyl (C=O) groups is 2. The zero-order valence-electron chi connectivity index (χ0n) is 19.6. The van der Waals surface area contributed by atoms with E-state index in [0.717, 1.165) is 36.1 Å². The molecule has 0 spiro atoms. The number of hydrogen-bond donors (Lipinski definition) is 1. The molecule has 2 aromatic carbocycles. The number of aryl methyl sites for hydroxylation is 1. The lowest BCUT2D eigenvalue weighted by atomic mass is 10.0. The maximum Gasteiger partial charge on any atom is 0.243 e. The second kappa shape index (κ2) is 10.1. The zero-order valence-corrected chi connectivity index (χ0v) is 20.4. The SMILES string of the molecule is COc1ccc(CNC(=O)CN2C(=O)CCc3cc(S(=O)(=O)N4CCCC[C@@H]4C)ccc32)cc1. The molecule has 8 nitrogen and oxygen atoms in total. The van der Waals surface area contributed by atoms with Crippen molar-refractivity contribution in [1.29, 1.82) is 0 Å². The van der Waals surface area contributed by atoms with Crippen molar-refractivity contribution >= 4 is 27.5 Å². The zero-order chi connectivity index (χ0) is 24.3. The van der Waals surface area contributed by atoms with Crippen LogP contribution in [0.3, 0.4) is 0 Å². The van der Waals surface area contributed by atoms with Gasteiger partial charge in [-0.3, -0.25) is 9.59 Å². The van der Waals surface area contributed by atoms with E-state index in [1.807, 2.05) is 31.2 Å². The molecule has 9 heteroatoms. The molecular formula is C25H31N3O5S. The molecule has 182 valence electrons. The molecule has 4 rings (SSSR count). The molecule has 2 heterocycles. The van der Waals surface area contributed by atoms with Crippen molar-refractivity contribution < 1.29 is 22.7 Å². The first kappa shape index (κ1) is 24.2. The van der Waals surface area contributed by atoms with E-state index in [9.17, 15) is 18.0 Å². The molecule has 0 radical (unpaired) electrons. The number of sulfonamides is 1. The molecule has 0 saturated carbocycles. The minimum Gasteiger partial charge on any atom is -0.497 e. The Kier molecular flexibility index (Phi) is 7.23. The quantitative estimate of drug-likeness (QED) is 0.651. The maximum absolute atomic E-state index is 13.2. The Morgan fingerprint density at radius 3 is 2.59 bits per heavy atom. The molecule has 2 amide bonds. The van der Waals surface area contributed by atoms with E-state index in [4.69, 9.17) is 4.74 Å². The van der Waals surface area contributed by atoms with Gasteiger partial charge in [-0.15, -0.1) is 0 Å². The molecule has 2 aliphatic heterocycles. The Labute approximate surface area is 200 Å². The molecule has 0 aromatic heterocycles. The summed E-state index contributed by atoms with van der Waals surface area (Å²) in [6, 6.07) is 12.2. The molecule has 1 N–H and O–H groups in total. The number of carbonyl (C=O) groups excluding carboxylic acids is 2. The molecule has 1 saturated heterocycles. The van der Waals surface area contributed by atoms with Crippen LogP contribution in [0, 0.1) is 0 Å². The van der Waals surface area contributed by atoms with E-state index < -0.39 is 10.0 Å². The van der Waals surface area contributed by atoms with E-state index >= 15 is 0 Å². The van der Waals surface area contributed by atoms with Crippen LogP contribution in [0.25, 0.3) is 0 Å². The summed E-state index contributed by atoms with van der Waals surface area (Å²) in [6.45, 7) is 2.69. The topological polar surface area (TPSA) is 96.0 Å². The summed E-state index contributed by atoms with van der Waals surface area (Å²) in [5, 5.41) is 2.84. The van der Waals surface area contributed by atoms with Crippen molar-refractivity contribution in [2.45, 2.75) is 56.5 Å². The highest BCUT2D eigenvalue weighted by molar-refractivity contribution is 7.89. The lowest BCUT2D eigenvalue weighted by molar-refractivity contribution is -0.124. The first-order valence-corrected chi connectivity index (χ1v) is 13.1. The Hall–Kier alpha value is -2.91. The van der Waals surface area contributed by atoms with E-state index in [1.54, 1.807) is 29.6 Å². The fourth-order valence-corrected chi connectivity index (χ4v) is 6.33. The number of piperidine rings is 1. The molecule has 2 aliphatic rings. The van der Waals surface area contributed by atoms with Gasteiger partial charge in [0.2, 0.25) is 21.8 Å². The number of ether oxygens (including phenoxy) is 1. The predicted octanol–water partition coefficient (Wildman–Crippen LogP) is 2.85. The number of anilines is 1. The Morgan fingerprint density at radius 2 is 1.88 bits per heavy atom. The van der Waals surface area contributed by atoms with E-state index in [1.165, 1.54) is 4.90 Å². The van der Waals surface area contributed by atoms with Crippen molar-refractivity contribution in [2.75, 3.05) is 25.1 Å². The third-order valence-electron chi connectivity index (χ3n) is 6.55. The van der Waals surface area contributed by atoms with Crippen LogP contribution in [-0.2, 0) is 32.6 Å². The van der Waals surface area contributed by atoms with Gasteiger partial charge in [0.05, 0.1) is 12.0 Å². The Balaban J connectivity index is 1.47. The molecule has 0 bridgehead atoms. The van der Waals surface area contributed by atoms with Crippen molar-refractivity contribution in [3.8, 4) is 5.75 Å². The second-order valence-electron chi connectivity index (χ2n) is 8.86. The van der Waals surface area contributed by atoms with Crippen LogP contribution in [0.2, 0.25) is 0 Å². The van der Waals surface area contributed by atoms with Crippen molar-refractivity contribution in [1.82, 2.24) is 9.62 Å². The molecule has 1 fully saturated rings. The van der Waals surface area contributed by atoms with Crippen LogP contribution in [0.5, 0.6) is 5.75 Å². The van der Waals surface area contributed by atoms with Crippen LogP contribution in [-0.4, -0.2) is 50.8 Å². The van der Waals surface area contributed by atoms with Crippen LogP contribution in [0.4, 0.5) is 5.69 Å². The third-order valence-corrected chi connectivity index (χ3v) is 8.56. The predicted molar refractivity (Wildman–Crippen MR) is 129 cm³/mol. The van der Waals surface area contributed by atoms with Gasteiger partial charge in [-0.1, -0.05) is 18.6 Å². The molecule has 2 aromatic rings. The number of nitrogens with zero attached hydrogens (tertiary/aromatic N) is 2. The van der Waals surface area contributed by atoms with Gasteiger partial charge in [0.1, 0.15) is 12.3 Å². The summed E-state index contributed by atoms with van der Waals surface area (Å²) in [7, 11) is -2.01. The average molecular weight is 486 g/mol. The largest absolute Gasteiger partial charge is 0.497 e. The Morgan fingerprint density at radius 1 is 1.12 bits per heavy atom. The van der Waals surface area contributed by atoms with Crippen LogP contribution >= 0.6 is 0 Å². The van der Waals surface area contributed by atoms with Crippen molar-refractivity contribution in [3.05, 3.63) is 53.6 Å². The highest BCUT2D eigenvalue weighted by atomic mass is 32.2. The van der Waals surface area contributed by atoms with Gasteiger partial charge in [-0.25, -0.2) is 8.42 Å². The van der Waals surface area contributed by atoms with Crippen LogP contribution in [0.15, 0.2) is 47.4 Å². The van der Waals surface area contributed by atoms with Gasteiger partial charge >= 0.3 is 0 Å². The maximum atomic E-state index is 13.2. The minimum absolute atomic E-state index is 0.0257. The molecule has 0 aliphatic carbocycles. The van der Waals surface area contributed by atoms with Gasteiger partial charge in [0, 0.05) is 31.2 Å². The molecule has 0 unspecified atom stereocenters. The summed E-state index contributed by atoms with van der Waals surface area (Å²) in [6.07, 6.45) is 3.45. The number of fused-ring (bicyclic) bond motifs is 1. The van der Waals surface area contributed by atoms with Gasteiger partial charge < -0.3 is 15.0 Å². The number of benzene rings is 2. The van der Waals surface area contributed by atoms with Gasteiger partial charge in [-0.05, 0) is 67.6 Å². The number of nitrogens with one attached hydrogen (secondary N) is 1. The molecule has 1 atom stereocenters. The number of hydrogen-bond acceptors (Lipinski definition) is 5. The minimum atomic E-state index is -3.60. The van der Waals surface area contributed by atoms with Crippen molar-refractivity contribution in [3.63, 3.8) is 0 Å². The summed E-state index contributed by atoms with van der Waals surface area (Å²) in [5.74, 6) is 0.310. The number of methoxy groups -OCH3 is 1. The van der Waals surface area contributed by atoms with Crippen LogP contribution < -0.4 is 15.0 Å². The lowest BCUT2D eigenvalue weighted by Gasteiger charge is -2.33. The van der Waals surface area contributed by atoms with E-state index in [-0.39, 0.29) is 35.7 Å². The molecular weight excluding hydrogens is 454 g/mol. The second-order valence-corrected chi connectivity index (χ2v) is 10.7. The van der Waals surface area contributed by atoms with Crippen LogP contribution in [0.1, 0.15) is 43.7 Å². The standard InChI is InChI=1S/C25H31N3O5S/c1-18-5-3-4-14-28(18)34(31,32)22-11-12-23-20(15-22)8-13-25(30)27(23)17-24(29)26-16-19-6-9-21(33-2)10-7-19/h6-7,9-12,15,18H,3-5,8,13-14,16-17H2,1-2H3,(H,26,29)/t18-/m0/s1. The summed E-state index contributed by atoms with van der Waals surface area (Å²) in [5.41, 5.74) is 2.29. The summed E-state index contributed by atoms with van der Waals surface area (Å²) in [4.78, 5) is 26.9. The number of amides is 2. The fourth-order valence-electron chi connectivity index (χ4n) is 4.58. The van der Waals surface area contributed by atoms with E-state index in [2.05, 4.69) is 5.32 Å². The summed E-state index contributed by atoms with van der Waals surface area (Å²) >= 11 is 0. The van der Waals surface area contributed by atoms with Gasteiger partial charge in [-0.2, -0.15) is 4.31 Å². The molecule has 34 heavy (non-hydrogen) atoms. The lowest BCUT2D eigenvalue weighted by Crippen LogP contribution is -2.43. The van der Waals surface area contributed by atoms with E-state index in [0.29, 0.717) is 25.2 Å². The monoisotopic (exact) mass is 485 g/mol. The smallest absolute Gasteiger partial charge is 0.243 e. The third kappa shape index (κ3) is 5.10. The highest BCUT2D eigenvalue weighted by Gasteiger charge is 2.33. The fraction of sp³-hybridized carbons (Fsp3) is 0.440. The highest BCUT2D eigenvalue weighted by Crippen LogP contribution is 2.32. The Bertz CT molecular complexity index is 1160. The summed E-state index contributed by atoms with van der Waals surface area (Å²) < 4.78 is 33.2. The average Bonchev–Trinajstić information content (AvgIpc) is 2.84.